The highest BCUT2D eigenvalue weighted by atomic mass is 35.5. The van der Waals surface area contributed by atoms with Gasteiger partial charge in [-0.25, -0.2) is 4.99 Å². The molecule has 0 N–H and O–H groups in total. The van der Waals surface area contributed by atoms with Gasteiger partial charge in [0.05, 0.1) is 0 Å². The van der Waals surface area contributed by atoms with E-state index in [1.165, 1.54) is 0 Å². The van der Waals surface area contributed by atoms with Crippen molar-refractivity contribution in [3.05, 3.63) is 11.7 Å². The van der Waals surface area contributed by atoms with Gasteiger partial charge in [0.15, 0.2) is 0 Å². The van der Waals surface area contributed by atoms with E-state index in [1.807, 2.05) is 0 Å². The van der Waals surface area contributed by atoms with Crippen LogP contribution in [0.15, 0.2) is 16.7 Å². The van der Waals surface area contributed by atoms with Gasteiger partial charge in [-0.1, -0.05) is 29.8 Å². The van der Waals surface area contributed by atoms with Gasteiger partial charge in [0.1, 0.15) is 10.3 Å². The predicted molar refractivity (Wildman–Crippen MR) is 34.0 cm³/mol. The molecule has 0 radical (unpaired) electrons. The second-order valence-corrected chi connectivity index (χ2v) is 1.97. The molecule has 1 nitrogen and oxygen atoms in total. The average Bonchev–Trinajstić information content (AvgIpc) is 1.27. The molecule has 7 heavy (non-hydrogen) atoms. The van der Waals surface area contributed by atoms with E-state index in [1.54, 1.807) is 6.92 Å². The zero-order valence-electron chi connectivity index (χ0n) is 3.91. The summed E-state index contributed by atoms with van der Waals surface area (Å²) < 4.78 is 0. The third-order valence-electron chi connectivity index (χ3n) is 0.275. The van der Waals surface area contributed by atoms with E-state index in [0.717, 1.165) is 0 Å². The maximum atomic E-state index is 5.28. The molecule has 0 heterocycles. The summed E-state index contributed by atoms with van der Waals surface area (Å²) in [5.41, 5.74) is 0. The van der Waals surface area contributed by atoms with E-state index in [0.29, 0.717) is 5.17 Å². The number of halogens is 2. The average molecular weight is 138 g/mol. The molecule has 3 heteroatoms. The maximum Gasteiger partial charge on any atom is 0.123 e. The summed E-state index contributed by atoms with van der Waals surface area (Å²) in [6.07, 6.45) is 0. The molecule has 0 aliphatic rings. The lowest BCUT2D eigenvalue weighted by Crippen LogP contribution is -1.71. The van der Waals surface area contributed by atoms with Gasteiger partial charge in [-0.2, -0.15) is 0 Å². The lowest BCUT2D eigenvalue weighted by atomic mass is 10.8. The van der Waals surface area contributed by atoms with Crippen molar-refractivity contribution in [3.63, 3.8) is 0 Å². The van der Waals surface area contributed by atoms with Gasteiger partial charge in [0.25, 0.3) is 0 Å². The van der Waals surface area contributed by atoms with Gasteiger partial charge < -0.3 is 0 Å². The van der Waals surface area contributed by atoms with Crippen LogP contribution in [0.25, 0.3) is 0 Å². The molecule has 0 aromatic heterocycles. The zero-order chi connectivity index (χ0) is 5.86. The Morgan fingerprint density at radius 3 is 2.00 bits per heavy atom. The van der Waals surface area contributed by atoms with E-state index < -0.39 is 0 Å². The van der Waals surface area contributed by atoms with Crippen molar-refractivity contribution in [3.8, 4) is 0 Å². The molecule has 40 valence electrons. The van der Waals surface area contributed by atoms with Crippen molar-refractivity contribution >= 4 is 28.4 Å². The number of nitrogens with zero attached hydrogens (tertiary/aromatic N) is 1. The van der Waals surface area contributed by atoms with Crippen molar-refractivity contribution in [2.24, 2.45) is 4.99 Å². The first-order chi connectivity index (χ1) is 3.13. The minimum atomic E-state index is 0.215. The Balaban J connectivity index is 3.68. The largest absolute Gasteiger partial charge is 0.230 e. The van der Waals surface area contributed by atoms with Crippen LogP contribution in [0.4, 0.5) is 0 Å². The lowest BCUT2D eigenvalue weighted by Gasteiger charge is -1.81. The van der Waals surface area contributed by atoms with Crippen molar-refractivity contribution < 1.29 is 0 Å². The normalized spacial score (nSPS) is 11.6. The number of hydrogen-bond donors (Lipinski definition) is 0. The third kappa shape index (κ3) is 5.99. The second-order valence-electron chi connectivity index (χ2n) is 0.985. The first-order valence-electron chi connectivity index (χ1n) is 1.68. The monoisotopic (exact) mass is 137 g/mol. The Hall–Kier alpha value is -0.0100. The molecular weight excluding hydrogens is 133 g/mol. The molecule has 0 saturated heterocycles. The first-order valence-corrected chi connectivity index (χ1v) is 2.43. The Bertz CT molecular complexity index is 102. The van der Waals surface area contributed by atoms with E-state index in [-0.39, 0.29) is 5.16 Å². The van der Waals surface area contributed by atoms with Gasteiger partial charge >= 0.3 is 0 Å². The highest BCUT2D eigenvalue weighted by molar-refractivity contribution is 6.65. The standard InChI is InChI=1S/C4H5Cl2N/c1-3(5)7-4(2)6/h1H2,2H3/b7-4+. The molecular formula is C4H5Cl2N. The highest BCUT2D eigenvalue weighted by Crippen LogP contribution is 1.99. The topological polar surface area (TPSA) is 12.4 Å². The summed E-state index contributed by atoms with van der Waals surface area (Å²) in [6.45, 7) is 4.92. The molecule has 0 rings (SSSR count). The van der Waals surface area contributed by atoms with Crippen LogP contribution in [-0.2, 0) is 0 Å². The molecule has 0 aliphatic heterocycles. The smallest absolute Gasteiger partial charge is 0.123 e. The fraction of sp³-hybridized carbons (Fsp3) is 0.250. The Morgan fingerprint density at radius 2 is 2.00 bits per heavy atom. The molecule has 0 saturated carbocycles. The van der Waals surface area contributed by atoms with Crippen LogP contribution in [0.3, 0.4) is 0 Å². The van der Waals surface area contributed by atoms with Gasteiger partial charge in [0, 0.05) is 0 Å². The molecule has 0 aromatic rings. The molecule has 0 unspecified atom stereocenters. The van der Waals surface area contributed by atoms with Crippen LogP contribution < -0.4 is 0 Å². The summed E-state index contributed by atoms with van der Waals surface area (Å²) in [4.78, 5) is 3.53. The van der Waals surface area contributed by atoms with E-state index in [4.69, 9.17) is 23.2 Å². The van der Waals surface area contributed by atoms with Crippen molar-refractivity contribution in [2.45, 2.75) is 6.92 Å². The van der Waals surface area contributed by atoms with Crippen molar-refractivity contribution in [1.82, 2.24) is 0 Å². The number of hydrogen-bond acceptors (Lipinski definition) is 1. The molecule has 0 fully saturated rings. The van der Waals surface area contributed by atoms with Gasteiger partial charge in [0.2, 0.25) is 0 Å². The van der Waals surface area contributed by atoms with Gasteiger partial charge in [-0.05, 0) is 6.92 Å². The quantitative estimate of drug-likeness (QED) is 0.389. The van der Waals surface area contributed by atoms with Crippen LogP contribution in [0, 0.1) is 0 Å². The highest BCUT2D eigenvalue weighted by Gasteiger charge is 1.79. The number of rotatable bonds is 1. The Labute approximate surface area is 52.6 Å². The van der Waals surface area contributed by atoms with E-state index in [2.05, 4.69) is 11.6 Å². The molecule has 0 aliphatic carbocycles. The molecule has 0 aromatic carbocycles. The lowest BCUT2D eigenvalue weighted by molar-refractivity contribution is 1.53. The summed E-state index contributed by atoms with van der Waals surface area (Å²) in [5, 5.41) is 0.618. The minimum Gasteiger partial charge on any atom is -0.230 e. The van der Waals surface area contributed by atoms with Crippen LogP contribution in [0.2, 0.25) is 0 Å². The fourth-order valence-electron chi connectivity index (χ4n) is 0.167. The van der Waals surface area contributed by atoms with Crippen LogP contribution in [-0.4, -0.2) is 5.17 Å². The fourth-order valence-corrected chi connectivity index (χ4v) is 0.439. The van der Waals surface area contributed by atoms with E-state index >= 15 is 0 Å². The van der Waals surface area contributed by atoms with Gasteiger partial charge in [-0.15, -0.1) is 0 Å². The van der Waals surface area contributed by atoms with Crippen molar-refractivity contribution in [2.75, 3.05) is 0 Å². The van der Waals surface area contributed by atoms with Crippen molar-refractivity contribution in [1.29, 1.82) is 0 Å². The van der Waals surface area contributed by atoms with Gasteiger partial charge in [-0.3, -0.25) is 0 Å². The Morgan fingerprint density at radius 1 is 1.57 bits per heavy atom. The van der Waals surface area contributed by atoms with Crippen LogP contribution >= 0.6 is 23.2 Å². The second kappa shape index (κ2) is 3.05. The Kier molecular flexibility index (Phi) is 3.05. The maximum absolute atomic E-state index is 5.28. The summed E-state index contributed by atoms with van der Waals surface area (Å²) in [7, 11) is 0. The molecule has 0 bridgehead atoms. The molecule has 0 spiro atoms. The minimum absolute atomic E-state index is 0.215. The predicted octanol–water partition coefficient (Wildman–Crippen LogP) is 2.35. The summed E-state index contributed by atoms with van der Waals surface area (Å²) in [6, 6.07) is 0. The number of aliphatic imine (C=N–C) groups is 1. The molecule has 0 amide bonds. The summed E-state index contributed by atoms with van der Waals surface area (Å²) in [5.74, 6) is 0. The van der Waals surface area contributed by atoms with E-state index in [9.17, 15) is 0 Å². The van der Waals surface area contributed by atoms with Crippen LogP contribution in [0.5, 0.6) is 0 Å². The SMILES string of the molecule is C=C(Cl)/N=C(\C)Cl. The zero-order valence-corrected chi connectivity index (χ0v) is 5.42. The first kappa shape index (κ1) is 6.99. The summed E-state index contributed by atoms with van der Waals surface area (Å²) >= 11 is 10.5. The molecule has 0 atom stereocenters. The van der Waals surface area contributed by atoms with Crippen LogP contribution in [0.1, 0.15) is 6.92 Å². The third-order valence-corrected chi connectivity index (χ3v) is 0.444.